The molecule has 5 amide bonds. The number of aromatic nitrogens is 4. The largest absolute Gasteiger partial charge is 0.477 e. The highest BCUT2D eigenvalue weighted by Gasteiger charge is 2.60. The first kappa shape index (κ1) is 30.2. The molecule has 1 aromatic heterocycles. The van der Waals surface area contributed by atoms with Gasteiger partial charge in [0.1, 0.15) is 11.7 Å². The number of aryl methyl sites for hydroxylation is 1. The van der Waals surface area contributed by atoms with Gasteiger partial charge in [-0.25, -0.2) is 14.3 Å². The summed E-state index contributed by atoms with van der Waals surface area (Å²) in [5.41, 5.74) is -1.06. The fourth-order valence-electron chi connectivity index (χ4n) is 4.69. The number of carboxylic acid groups (broad SMARTS) is 1. The Balaban J connectivity index is 1.45. The van der Waals surface area contributed by atoms with Gasteiger partial charge in [-0.15, -0.1) is 5.10 Å². The van der Waals surface area contributed by atoms with Crippen molar-refractivity contribution in [3.63, 3.8) is 0 Å². The van der Waals surface area contributed by atoms with Crippen molar-refractivity contribution in [2.75, 3.05) is 45.6 Å². The number of piperazine rings is 1. The summed E-state index contributed by atoms with van der Waals surface area (Å²) in [6.07, 6.45) is -2.44. The first-order valence-corrected chi connectivity index (χ1v) is 13.6. The van der Waals surface area contributed by atoms with Crippen LogP contribution in [0.15, 0.2) is 16.4 Å². The van der Waals surface area contributed by atoms with E-state index >= 15 is 0 Å². The lowest BCUT2D eigenvalue weighted by Crippen LogP contribution is -2.80. The molecule has 3 aliphatic heterocycles. The molecule has 4 heterocycles. The van der Waals surface area contributed by atoms with Crippen LogP contribution in [0.3, 0.4) is 0 Å². The number of carbonyl (C=O) groups excluding carboxylic acids is 4. The highest BCUT2D eigenvalue weighted by Crippen LogP contribution is 2.40. The maximum Gasteiger partial charge on any atom is 0.352 e. The van der Waals surface area contributed by atoms with Gasteiger partial charge in [0.25, 0.3) is 0 Å². The molecule has 2 saturated heterocycles. The average molecular weight is 598 g/mol. The lowest BCUT2D eigenvalue weighted by atomic mass is 9.95. The Morgan fingerprint density at radius 1 is 1.27 bits per heavy atom. The van der Waals surface area contributed by atoms with E-state index in [4.69, 9.17) is 9.47 Å². The lowest BCUT2D eigenvalue weighted by Gasteiger charge is -2.58. The number of hydrogen-bond acceptors (Lipinski definition) is 13. The number of carbonyl (C=O) groups is 5. The fraction of sp³-hybridized carbons (Fsp3) is 0.636. The van der Waals surface area contributed by atoms with Gasteiger partial charge in [-0.3, -0.25) is 19.3 Å². The number of aliphatic hydroxyl groups excluding tert-OH is 1. The summed E-state index contributed by atoms with van der Waals surface area (Å²) < 4.78 is 12.9. The number of likely N-dealkylation sites (N-methyl/N-ethyl adjacent to an activating group) is 1. The van der Waals surface area contributed by atoms with Crippen molar-refractivity contribution in [1.29, 1.82) is 0 Å². The van der Waals surface area contributed by atoms with Crippen molar-refractivity contribution in [1.82, 2.24) is 45.5 Å². The Labute approximate surface area is 237 Å². The van der Waals surface area contributed by atoms with Gasteiger partial charge in [0.15, 0.2) is 6.23 Å². The average Bonchev–Trinajstić information content (AvgIpc) is 3.34. The maximum atomic E-state index is 13.3. The zero-order chi connectivity index (χ0) is 30.1. The molecule has 0 saturated carbocycles. The molecule has 0 radical (unpaired) electrons. The number of aliphatic hydroxyl groups is 1. The van der Waals surface area contributed by atoms with Gasteiger partial charge < -0.3 is 40.1 Å². The number of nitrogens with one attached hydrogen (secondary N) is 2. The van der Waals surface area contributed by atoms with E-state index < -0.39 is 53.8 Å². The standard InChI is InChI=1S/C22H31N9O9S/c1-5-29-6-7-30(17(35)16(29)34)20(38)23-13(11(2)32)15(33)24-22(39-4)10-31-14(18(36)37)12(8-40-19(22)31)9-41-21-25-26-27-28(21)3/h11,13,19,32H,5-10H2,1-4H3,(H,23,38)(H,24,33)(H,36,37)/t11-,13?,19?,22-/m0/s1. The van der Waals surface area contributed by atoms with Gasteiger partial charge in [-0.05, 0) is 29.8 Å². The molecular weight excluding hydrogens is 566 g/mol. The quantitative estimate of drug-likeness (QED) is 0.119. The smallest absolute Gasteiger partial charge is 0.352 e. The number of thioether (sulfide) groups is 1. The number of fused-ring (bicyclic) bond motifs is 1. The first-order chi connectivity index (χ1) is 19.4. The van der Waals surface area contributed by atoms with Crippen LogP contribution in [0.5, 0.6) is 0 Å². The van der Waals surface area contributed by atoms with Crippen LogP contribution in [0, 0.1) is 0 Å². The van der Waals surface area contributed by atoms with E-state index in [0.717, 1.165) is 0 Å². The molecule has 0 bridgehead atoms. The van der Waals surface area contributed by atoms with Crippen LogP contribution in [0.2, 0.25) is 0 Å². The summed E-state index contributed by atoms with van der Waals surface area (Å²) in [5, 5.41) is 36.8. The van der Waals surface area contributed by atoms with E-state index in [-0.39, 0.29) is 37.7 Å². The minimum Gasteiger partial charge on any atom is -0.477 e. The second-order valence-corrected chi connectivity index (χ2v) is 10.5. The third-order valence-electron chi connectivity index (χ3n) is 6.96. The number of tetrazole rings is 1. The van der Waals surface area contributed by atoms with E-state index in [9.17, 15) is 34.2 Å². The topological polar surface area (TPSA) is 222 Å². The van der Waals surface area contributed by atoms with Crippen molar-refractivity contribution in [3.8, 4) is 0 Å². The number of nitrogens with zero attached hydrogens (tertiary/aromatic N) is 7. The molecular formula is C22H31N9O9S. The number of methoxy groups -OCH3 is 1. The van der Waals surface area contributed by atoms with Crippen LogP contribution in [0.4, 0.5) is 4.79 Å². The fourth-order valence-corrected chi connectivity index (χ4v) is 5.54. The minimum atomic E-state index is -1.54. The summed E-state index contributed by atoms with van der Waals surface area (Å²) in [4.78, 5) is 66.2. The number of carboxylic acids is 1. The molecule has 18 nitrogen and oxygen atoms in total. The molecule has 4 N–H and O–H groups in total. The summed E-state index contributed by atoms with van der Waals surface area (Å²) >= 11 is 1.23. The number of hydrogen-bond donors (Lipinski definition) is 4. The Morgan fingerprint density at radius 2 is 2.00 bits per heavy atom. The van der Waals surface area contributed by atoms with E-state index in [1.807, 2.05) is 0 Å². The maximum absolute atomic E-state index is 13.3. The van der Waals surface area contributed by atoms with Crippen LogP contribution in [-0.4, -0.2) is 145 Å². The summed E-state index contributed by atoms with van der Waals surface area (Å²) in [5.74, 6) is -3.73. The number of aliphatic carboxylic acids is 1. The van der Waals surface area contributed by atoms with Crippen molar-refractivity contribution in [2.24, 2.45) is 7.05 Å². The molecule has 0 spiro atoms. The zero-order valence-corrected chi connectivity index (χ0v) is 23.6. The molecule has 1 aromatic rings. The summed E-state index contributed by atoms with van der Waals surface area (Å²) in [6, 6.07) is -2.56. The normalized spacial score (nSPS) is 24.0. The Kier molecular flexibility index (Phi) is 8.80. The zero-order valence-electron chi connectivity index (χ0n) is 22.8. The van der Waals surface area contributed by atoms with Gasteiger partial charge in [-0.2, -0.15) is 0 Å². The highest BCUT2D eigenvalue weighted by molar-refractivity contribution is 7.99. The second kappa shape index (κ2) is 12.0. The van der Waals surface area contributed by atoms with Crippen LogP contribution in [-0.2, 0) is 35.7 Å². The van der Waals surface area contributed by atoms with Crippen molar-refractivity contribution >= 4 is 41.5 Å². The van der Waals surface area contributed by atoms with Crippen LogP contribution >= 0.6 is 11.8 Å². The van der Waals surface area contributed by atoms with Crippen LogP contribution < -0.4 is 10.6 Å². The molecule has 4 rings (SSSR count). The predicted octanol–water partition coefficient (Wildman–Crippen LogP) is -3.08. The van der Waals surface area contributed by atoms with Crippen LogP contribution in [0.1, 0.15) is 13.8 Å². The van der Waals surface area contributed by atoms with Crippen molar-refractivity contribution in [2.45, 2.75) is 43.1 Å². The second-order valence-electron chi connectivity index (χ2n) is 9.51. The molecule has 4 atom stereocenters. The number of imide groups is 1. The van der Waals surface area contributed by atoms with Gasteiger partial charge in [0, 0.05) is 39.5 Å². The Morgan fingerprint density at radius 3 is 2.59 bits per heavy atom. The SMILES string of the molecule is CCN1CCN(C(=O)NC(C(=O)N[C@]2(OC)CN3C(C(=O)O)=C(CSc4nnnn4C)COC32)[C@H](C)O)C(=O)C1=O. The van der Waals surface area contributed by atoms with Crippen molar-refractivity contribution < 1.29 is 43.7 Å². The number of ether oxygens (including phenoxy) is 2. The number of urea groups is 1. The van der Waals surface area contributed by atoms with E-state index in [1.165, 1.54) is 40.3 Å². The van der Waals surface area contributed by atoms with Crippen LogP contribution in [0.25, 0.3) is 0 Å². The van der Waals surface area contributed by atoms with Gasteiger partial charge in [0.05, 0.1) is 19.3 Å². The van der Waals surface area contributed by atoms with E-state index in [2.05, 4.69) is 26.2 Å². The molecule has 2 unspecified atom stereocenters. The monoisotopic (exact) mass is 597 g/mol. The molecule has 41 heavy (non-hydrogen) atoms. The van der Waals surface area contributed by atoms with E-state index in [1.54, 1.807) is 14.0 Å². The van der Waals surface area contributed by atoms with Gasteiger partial charge in [-0.1, -0.05) is 11.8 Å². The highest BCUT2D eigenvalue weighted by atomic mass is 32.2. The van der Waals surface area contributed by atoms with Crippen molar-refractivity contribution in [3.05, 3.63) is 11.3 Å². The number of amides is 5. The molecule has 2 fully saturated rings. The molecule has 0 aromatic carbocycles. The molecule has 224 valence electrons. The lowest BCUT2D eigenvalue weighted by molar-refractivity contribution is -0.276. The number of rotatable bonds is 10. The molecule has 0 aliphatic carbocycles. The summed E-state index contributed by atoms with van der Waals surface area (Å²) in [7, 11) is 2.95. The predicted molar refractivity (Wildman–Crippen MR) is 136 cm³/mol. The molecule has 19 heteroatoms. The Bertz CT molecular complexity index is 1270. The Hall–Kier alpha value is -3.81. The first-order valence-electron chi connectivity index (χ1n) is 12.6. The third-order valence-corrected chi connectivity index (χ3v) is 8.06. The van der Waals surface area contributed by atoms with E-state index in [0.29, 0.717) is 22.2 Å². The summed E-state index contributed by atoms with van der Waals surface area (Å²) in [6.45, 7) is 3.12. The van der Waals surface area contributed by atoms with Gasteiger partial charge >= 0.3 is 23.8 Å². The molecule has 3 aliphatic rings. The van der Waals surface area contributed by atoms with Gasteiger partial charge in [0.2, 0.25) is 16.8 Å². The minimum absolute atomic E-state index is 0.0134. The third kappa shape index (κ3) is 5.69.